The van der Waals surface area contributed by atoms with Gasteiger partial charge in [0.25, 0.3) is 0 Å². The van der Waals surface area contributed by atoms with Crippen molar-refractivity contribution in [1.29, 1.82) is 0 Å². The van der Waals surface area contributed by atoms with Crippen LogP contribution in [-0.2, 0) is 0 Å². The fraction of sp³-hybridized carbons (Fsp3) is 0.533. The predicted octanol–water partition coefficient (Wildman–Crippen LogP) is 9.27. The molecule has 0 amide bonds. The van der Waals surface area contributed by atoms with Crippen molar-refractivity contribution in [2.24, 2.45) is 0 Å². The highest BCUT2D eigenvalue weighted by Gasteiger charge is 2.14. The van der Waals surface area contributed by atoms with Gasteiger partial charge in [0.2, 0.25) is 0 Å². The van der Waals surface area contributed by atoms with Gasteiger partial charge in [0.1, 0.15) is 11.5 Å². The van der Waals surface area contributed by atoms with E-state index < -0.39 is 0 Å². The Morgan fingerprint density at radius 3 is 1.25 bits per heavy atom. The molecule has 0 aromatic heterocycles. The Balaban J connectivity index is 1.57. The monoisotopic (exact) mass is 436 g/mol. The molecule has 176 valence electrons. The molecule has 0 aliphatic heterocycles. The minimum absolute atomic E-state index is 0.307. The van der Waals surface area contributed by atoms with Gasteiger partial charge in [0.05, 0.1) is 0 Å². The summed E-state index contributed by atoms with van der Waals surface area (Å²) in [4.78, 5) is 0. The van der Waals surface area contributed by atoms with Crippen molar-refractivity contribution in [2.75, 3.05) is 0 Å². The summed E-state index contributed by atoms with van der Waals surface area (Å²) >= 11 is 0. The number of phenols is 2. The molecule has 2 aromatic carbocycles. The lowest BCUT2D eigenvalue weighted by molar-refractivity contribution is 0.474. The standard InChI is InChI=1S/C30H44O2/c1-2-3-4-5-6-7-8-9-10-11-12-13-14-15-16-17-30(26-18-22-28(31)23-19-26)27-20-24-29(32)25-21-27/h2,18-25,30-32H,1,3-17H2. The number of benzene rings is 2. The summed E-state index contributed by atoms with van der Waals surface area (Å²) in [5.74, 6) is 0.927. The molecule has 0 heterocycles. The molecular weight excluding hydrogens is 392 g/mol. The van der Waals surface area contributed by atoms with E-state index in [1.165, 1.54) is 101 Å². The van der Waals surface area contributed by atoms with E-state index in [9.17, 15) is 10.2 Å². The van der Waals surface area contributed by atoms with Crippen molar-refractivity contribution in [3.63, 3.8) is 0 Å². The van der Waals surface area contributed by atoms with Crippen LogP contribution in [0.25, 0.3) is 0 Å². The van der Waals surface area contributed by atoms with E-state index in [0.717, 1.165) is 6.42 Å². The second-order valence-corrected chi connectivity index (χ2v) is 9.20. The third kappa shape index (κ3) is 10.9. The number of hydrogen-bond acceptors (Lipinski definition) is 2. The van der Waals surface area contributed by atoms with Gasteiger partial charge in [-0.15, -0.1) is 6.58 Å². The van der Waals surface area contributed by atoms with Crippen molar-refractivity contribution in [1.82, 2.24) is 0 Å². The first-order chi connectivity index (χ1) is 15.7. The lowest BCUT2D eigenvalue weighted by atomic mass is 9.86. The Morgan fingerprint density at radius 2 is 0.875 bits per heavy atom. The van der Waals surface area contributed by atoms with Crippen LogP contribution in [0.5, 0.6) is 11.5 Å². The lowest BCUT2D eigenvalue weighted by Gasteiger charge is -2.18. The van der Waals surface area contributed by atoms with Gasteiger partial charge in [-0.3, -0.25) is 0 Å². The third-order valence-corrected chi connectivity index (χ3v) is 6.49. The van der Waals surface area contributed by atoms with Gasteiger partial charge in [-0.1, -0.05) is 107 Å². The highest BCUT2D eigenvalue weighted by atomic mass is 16.3. The summed E-state index contributed by atoms with van der Waals surface area (Å²) < 4.78 is 0. The fourth-order valence-electron chi connectivity index (χ4n) is 4.52. The molecule has 32 heavy (non-hydrogen) atoms. The molecule has 0 unspecified atom stereocenters. The summed E-state index contributed by atoms with van der Waals surface area (Å²) in [5, 5.41) is 19.3. The number of allylic oxidation sites excluding steroid dienone is 1. The number of hydrogen-bond donors (Lipinski definition) is 2. The van der Waals surface area contributed by atoms with Crippen LogP contribution in [0.1, 0.15) is 113 Å². The molecule has 0 fully saturated rings. The quantitative estimate of drug-likeness (QED) is 0.180. The van der Waals surface area contributed by atoms with E-state index in [1.807, 2.05) is 30.3 Å². The molecule has 0 radical (unpaired) electrons. The molecule has 2 aromatic rings. The van der Waals surface area contributed by atoms with Gasteiger partial charge in [-0.25, -0.2) is 0 Å². The Morgan fingerprint density at radius 1 is 0.531 bits per heavy atom. The van der Waals surface area contributed by atoms with Crippen molar-refractivity contribution >= 4 is 0 Å². The normalized spacial score (nSPS) is 11.2. The molecule has 2 N–H and O–H groups in total. The van der Waals surface area contributed by atoms with E-state index in [-0.39, 0.29) is 0 Å². The van der Waals surface area contributed by atoms with Crippen LogP contribution in [0.2, 0.25) is 0 Å². The number of phenolic OH excluding ortho intramolecular Hbond substituents is 2. The summed E-state index contributed by atoms with van der Waals surface area (Å²) in [5.41, 5.74) is 2.46. The van der Waals surface area contributed by atoms with Crippen LogP contribution in [0.3, 0.4) is 0 Å². The molecular formula is C30H44O2. The SMILES string of the molecule is C=CCCCCCCCCCCCCCCCC(c1ccc(O)cc1)c1ccc(O)cc1. The van der Waals surface area contributed by atoms with E-state index in [1.54, 1.807) is 24.3 Å². The highest BCUT2D eigenvalue weighted by Crippen LogP contribution is 2.32. The van der Waals surface area contributed by atoms with Gasteiger partial charge in [-0.2, -0.15) is 0 Å². The van der Waals surface area contributed by atoms with Gasteiger partial charge in [0, 0.05) is 5.92 Å². The maximum absolute atomic E-state index is 9.63. The molecule has 0 saturated carbocycles. The zero-order valence-corrected chi connectivity index (χ0v) is 20.0. The third-order valence-electron chi connectivity index (χ3n) is 6.49. The Bertz CT molecular complexity index is 672. The summed E-state index contributed by atoms with van der Waals surface area (Å²) in [6.45, 7) is 3.78. The molecule has 2 nitrogen and oxygen atoms in total. The molecule has 0 bridgehead atoms. The highest BCUT2D eigenvalue weighted by molar-refractivity contribution is 5.37. The van der Waals surface area contributed by atoms with Crippen LogP contribution in [-0.4, -0.2) is 10.2 Å². The predicted molar refractivity (Wildman–Crippen MR) is 138 cm³/mol. The fourth-order valence-corrected chi connectivity index (χ4v) is 4.52. The van der Waals surface area contributed by atoms with Gasteiger partial charge >= 0.3 is 0 Å². The minimum atomic E-state index is 0.307. The van der Waals surface area contributed by atoms with Crippen molar-refractivity contribution < 1.29 is 10.2 Å². The van der Waals surface area contributed by atoms with Crippen LogP contribution >= 0.6 is 0 Å². The summed E-state index contributed by atoms with van der Waals surface area (Å²) in [7, 11) is 0. The second-order valence-electron chi connectivity index (χ2n) is 9.20. The Labute approximate surface area is 196 Å². The maximum atomic E-state index is 9.63. The average Bonchev–Trinajstić information content (AvgIpc) is 2.80. The topological polar surface area (TPSA) is 40.5 Å². The zero-order valence-electron chi connectivity index (χ0n) is 20.0. The van der Waals surface area contributed by atoms with Crippen LogP contribution < -0.4 is 0 Å². The molecule has 0 aliphatic rings. The Kier molecular flexibility index (Phi) is 13.4. The van der Waals surface area contributed by atoms with Crippen LogP contribution in [0.4, 0.5) is 0 Å². The Hall–Kier alpha value is -2.22. The molecule has 0 saturated heterocycles. The molecule has 2 heteroatoms. The van der Waals surface area contributed by atoms with E-state index >= 15 is 0 Å². The van der Waals surface area contributed by atoms with Crippen molar-refractivity contribution in [3.05, 3.63) is 72.3 Å². The number of aromatic hydroxyl groups is 2. The largest absolute Gasteiger partial charge is 0.508 e. The minimum Gasteiger partial charge on any atom is -0.508 e. The zero-order chi connectivity index (χ0) is 22.9. The first kappa shape index (κ1) is 26.0. The average molecular weight is 437 g/mol. The number of rotatable bonds is 18. The first-order valence-corrected chi connectivity index (χ1v) is 12.9. The lowest BCUT2D eigenvalue weighted by Crippen LogP contribution is -2.01. The van der Waals surface area contributed by atoms with Gasteiger partial charge in [-0.05, 0) is 54.7 Å². The first-order valence-electron chi connectivity index (χ1n) is 12.9. The van der Waals surface area contributed by atoms with Gasteiger partial charge in [0.15, 0.2) is 0 Å². The maximum Gasteiger partial charge on any atom is 0.115 e. The van der Waals surface area contributed by atoms with E-state index in [4.69, 9.17) is 0 Å². The number of unbranched alkanes of at least 4 members (excludes halogenated alkanes) is 13. The molecule has 0 atom stereocenters. The molecule has 0 aliphatic carbocycles. The molecule has 2 rings (SSSR count). The summed E-state index contributed by atoms with van der Waals surface area (Å²) in [6, 6.07) is 15.2. The van der Waals surface area contributed by atoms with E-state index in [0.29, 0.717) is 17.4 Å². The smallest absolute Gasteiger partial charge is 0.115 e. The van der Waals surface area contributed by atoms with Crippen molar-refractivity contribution in [3.8, 4) is 11.5 Å². The molecule has 0 spiro atoms. The van der Waals surface area contributed by atoms with Gasteiger partial charge < -0.3 is 10.2 Å². The summed E-state index contributed by atoms with van der Waals surface area (Å²) in [6.07, 6.45) is 21.9. The van der Waals surface area contributed by atoms with Crippen LogP contribution in [0.15, 0.2) is 61.2 Å². The second kappa shape index (κ2) is 16.4. The van der Waals surface area contributed by atoms with E-state index in [2.05, 4.69) is 6.58 Å². The van der Waals surface area contributed by atoms with Crippen LogP contribution in [0, 0.1) is 0 Å². The van der Waals surface area contributed by atoms with Crippen molar-refractivity contribution in [2.45, 2.75) is 102 Å².